The third kappa shape index (κ3) is 4.41. The number of carbonyl (C=O) groups is 1. The van der Waals surface area contributed by atoms with Crippen molar-refractivity contribution in [3.63, 3.8) is 0 Å². The zero-order valence-corrected chi connectivity index (χ0v) is 16.6. The second-order valence-corrected chi connectivity index (χ2v) is 7.42. The minimum Gasteiger partial charge on any atom is -0.465 e. The van der Waals surface area contributed by atoms with Gasteiger partial charge in [0, 0.05) is 11.1 Å². The summed E-state index contributed by atoms with van der Waals surface area (Å²) in [4.78, 5) is 16.8. The Balaban J connectivity index is 2.14. The molecule has 0 aliphatic heterocycles. The van der Waals surface area contributed by atoms with E-state index in [1.54, 1.807) is 13.8 Å². The Morgan fingerprint density at radius 3 is 2.29 bits per heavy atom. The Morgan fingerprint density at radius 2 is 1.71 bits per heavy atom. The van der Waals surface area contributed by atoms with Crippen molar-refractivity contribution in [3.8, 4) is 28.5 Å². The van der Waals surface area contributed by atoms with Crippen LogP contribution in [0.2, 0.25) is 0 Å². The van der Waals surface area contributed by atoms with Crippen LogP contribution < -0.4 is 0 Å². The van der Waals surface area contributed by atoms with Crippen molar-refractivity contribution in [1.29, 1.82) is 5.26 Å². The number of rotatable bonds is 6. The number of thioether (sulfide) groups is 1. The van der Waals surface area contributed by atoms with E-state index in [0.717, 1.165) is 22.4 Å². The maximum atomic E-state index is 12.1. The van der Waals surface area contributed by atoms with Crippen LogP contribution >= 0.6 is 11.8 Å². The SMILES string of the molecule is CCOC(=O)[C@H](C)Sc1nc(-c2ccccc2)cc(-c2ccccc2)c1C#N. The summed E-state index contributed by atoms with van der Waals surface area (Å²) in [6, 6.07) is 23.8. The van der Waals surface area contributed by atoms with Gasteiger partial charge >= 0.3 is 5.97 Å². The summed E-state index contributed by atoms with van der Waals surface area (Å²) in [5.41, 5.74) is 3.92. The smallest absolute Gasteiger partial charge is 0.319 e. The molecule has 1 atom stereocenters. The molecule has 0 radical (unpaired) electrons. The van der Waals surface area contributed by atoms with Crippen molar-refractivity contribution < 1.29 is 9.53 Å². The van der Waals surface area contributed by atoms with E-state index in [0.29, 0.717) is 17.2 Å². The summed E-state index contributed by atoms with van der Waals surface area (Å²) in [5.74, 6) is -0.315. The molecule has 3 rings (SSSR count). The molecule has 3 aromatic rings. The van der Waals surface area contributed by atoms with Gasteiger partial charge < -0.3 is 4.74 Å². The Labute approximate surface area is 169 Å². The lowest BCUT2D eigenvalue weighted by Crippen LogP contribution is -2.17. The van der Waals surface area contributed by atoms with Gasteiger partial charge in [0.15, 0.2) is 0 Å². The predicted molar refractivity (Wildman–Crippen MR) is 112 cm³/mol. The van der Waals surface area contributed by atoms with Crippen LogP contribution in [0.5, 0.6) is 0 Å². The fraction of sp³-hybridized carbons (Fsp3) is 0.174. The van der Waals surface area contributed by atoms with Gasteiger partial charge in [-0.1, -0.05) is 72.4 Å². The van der Waals surface area contributed by atoms with Crippen LogP contribution in [0.4, 0.5) is 0 Å². The van der Waals surface area contributed by atoms with E-state index in [4.69, 9.17) is 9.72 Å². The minimum atomic E-state index is -0.464. The molecular formula is C23H20N2O2S. The molecule has 0 N–H and O–H groups in total. The van der Waals surface area contributed by atoms with Gasteiger partial charge in [-0.2, -0.15) is 5.26 Å². The number of carbonyl (C=O) groups excluding carboxylic acids is 1. The average Bonchev–Trinajstić information content (AvgIpc) is 2.74. The lowest BCUT2D eigenvalue weighted by atomic mass is 9.99. The number of nitrogens with zero attached hydrogens (tertiary/aromatic N) is 2. The highest BCUT2D eigenvalue weighted by Crippen LogP contribution is 2.35. The first-order valence-electron chi connectivity index (χ1n) is 9.03. The fourth-order valence-corrected chi connectivity index (χ4v) is 3.72. The van der Waals surface area contributed by atoms with E-state index in [-0.39, 0.29) is 5.97 Å². The molecule has 0 fully saturated rings. The highest BCUT2D eigenvalue weighted by molar-refractivity contribution is 8.00. The van der Waals surface area contributed by atoms with Gasteiger partial charge in [-0.05, 0) is 25.5 Å². The molecule has 1 aromatic heterocycles. The fourth-order valence-electron chi connectivity index (χ4n) is 2.79. The van der Waals surface area contributed by atoms with Crippen LogP contribution in [0, 0.1) is 11.3 Å². The highest BCUT2D eigenvalue weighted by Gasteiger charge is 2.22. The zero-order chi connectivity index (χ0) is 19.9. The van der Waals surface area contributed by atoms with Crippen molar-refractivity contribution in [2.75, 3.05) is 6.61 Å². The van der Waals surface area contributed by atoms with Gasteiger partial charge in [0.2, 0.25) is 0 Å². The number of hydrogen-bond donors (Lipinski definition) is 0. The van der Waals surface area contributed by atoms with Crippen molar-refractivity contribution >= 4 is 17.7 Å². The molecule has 0 spiro atoms. The van der Waals surface area contributed by atoms with Crippen LogP contribution in [-0.4, -0.2) is 22.8 Å². The van der Waals surface area contributed by atoms with E-state index in [1.165, 1.54) is 11.8 Å². The van der Waals surface area contributed by atoms with Crippen molar-refractivity contribution in [3.05, 3.63) is 72.3 Å². The normalized spacial score (nSPS) is 11.5. The molecule has 4 nitrogen and oxygen atoms in total. The number of pyridine rings is 1. The Kier molecular flexibility index (Phi) is 6.46. The molecule has 0 aliphatic carbocycles. The first-order chi connectivity index (χ1) is 13.6. The highest BCUT2D eigenvalue weighted by atomic mass is 32.2. The van der Waals surface area contributed by atoms with E-state index in [2.05, 4.69) is 6.07 Å². The van der Waals surface area contributed by atoms with Gasteiger partial charge in [-0.15, -0.1) is 0 Å². The zero-order valence-electron chi connectivity index (χ0n) is 15.8. The molecule has 5 heteroatoms. The molecule has 140 valence electrons. The van der Waals surface area contributed by atoms with Crippen molar-refractivity contribution in [2.45, 2.75) is 24.1 Å². The molecule has 0 unspecified atom stereocenters. The standard InChI is InChI=1S/C23H20N2O2S/c1-3-27-23(26)16(2)28-22-20(15-24)19(17-10-6-4-7-11-17)14-21(25-22)18-12-8-5-9-13-18/h4-14,16H,3H2,1-2H3/t16-/m0/s1. The number of nitriles is 1. The Hall–Kier alpha value is -3.10. The van der Waals surface area contributed by atoms with Crippen molar-refractivity contribution in [1.82, 2.24) is 4.98 Å². The maximum absolute atomic E-state index is 12.1. The summed E-state index contributed by atoms with van der Waals surface area (Å²) in [6.07, 6.45) is 0. The van der Waals surface area contributed by atoms with Crippen molar-refractivity contribution in [2.24, 2.45) is 0 Å². The van der Waals surface area contributed by atoms with Crippen LogP contribution in [0.3, 0.4) is 0 Å². The molecular weight excluding hydrogens is 368 g/mol. The third-order valence-corrected chi connectivity index (χ3v) is 5.22. The van der Waals surface area contributed by atoms with Gasteiger partial charge in [0.25, 0.3) is 0 Å². The number of benzene rings is 2. The molecule has 0 aliphatic rings. The number of hydrogen-bond acceptors (Lipinski definition) is 5. The average molecular weight is 388 g/mol. The maximum Gasteiger partial charge on any atom is 0.319 e. The number of ether oxygens (including phenoxy) is 1. The molecule has 2 aromatic carbocycles. The molecule has 0 saturated heterocycles. The van der Waals surface area contributed by atoms with Gasteiger partial charge in [0.05, 0.1) is 17.9 Å². The monoisotopic (exact) mass is 388 g/mol. The van der Waals surface area contributed by atoms with E-state index in [9.17, 15) is 10.1 Å². The predicted octanol–water partition coefficient (Wildman–Crippen LogP) is 5.33. The topological polar surface area (TPSA) is 63.0 Å². The van der Waals surface area contributed by atoms with E-state index in [1.807, 2.05) is 66.7 Å². The van der Waals surface area contributed by atoms with Crippen LogP contribution in [-0.2, 0) is 9.53 Å². The molecule has 0 amide bonds. The van der Waals surface area contributed by atoms with Crippen LogP contribution in [0.1, 0.15) is 19.4 Å². The summed E-state index contributed by atoms with van der Waals surface area (Å²) in [7, 11) is 0. The first-order valence-corrected chi connectivity index (χ1v) is 9.91. The van der Waals surface area contributed by atoms with Crippen LogP contribution in [0.25, 0.3) is 22.4 Å². The second-order valence-electron chi connectivity index (χ2n) is 6.09. The molecule has 28 heavy (non-hydrogen) atoms. The lowest BCUT2D eigenvalue weighted by Gasteiger charge is -2.15. The number of esters is 1. The largest absolute Gasteiger partial charge is 0.465 e. The quantitative estimate of drug-likeness (QED) is 0.422. The summed E-state index contributed by atoms with van der Waals surface area (Å²) < 4.78 is 5.11. The number of aromatic nitrogens is 1. The Bertz CT molecular complexity index is 998. The minimum absolute atomic E-state index is 0.315. The summed E-state index contributed by atoms with van der Waals surface area (Å²) in [6.45, 7) is 3.86. The molecule has 0 bridgehead atoms. The summed E-state index contributed by atoms with van der Waals surface area (Å²) in [5, 5.41) is 9.92. The molecule has 1 heterocycles. The van der Waals surface area contributed by atoms with Gasteiger partial charge in [-0.3, -0.25) is 4.79 Å². The second kappa shape index (κ2) is 9.20. The van der Waals surface area contributed by atoms with E-state index >= 15 is 0 Å². The van der Waals surface area contributed by atoms with E-state index < -0.39 is 5.25 Å². The third-order valence-electron chi connectivity index (χ3n) is 4.16. The first kappa shape index (κ1) is 19.7. The molecule has 0 saturated carbocycles. The van der Waals surface area contributed by atoms with Gasteiger partial charge in [0.1, 0.15) is 16.3 Å². The van der Waals surface area contributed by atoms with Crippen LogP contribution in [0.15, 0.2) is 71.8 Å². The summed E-state index contributed by atoms with van der Waals surface area (Å²) >= 11 is 1.25. The van der Waals surface area contributed by atoms with Gasteiger partial charge in [-0.25, -0.2) is 4.98 Å². The Morgan fingerprint density at radius 1 is 1.11 bits per heavy atom. The lowest BCUT2D eigenvalue weighted by molar-refractivity contribution is -0.142.